The Kier molecular flexibility index (Phi) is 4.54. The van der Waals surface area contributed by atoms with Gasteiger partial charge < -0.3 is 25.8 Å². The molecule has 2 unspecified atom stereocenters. The Morgan fingerprint density at radius 2 is 2.12 bits per heavy atom. The molecule has 0 saturated heterocycles. The summed E-state index contributed by atoms with van der Waals surface area (Å²) in [5.41, 5.74) is 5.96. The highest BCUT2D eigenvalue weighted by Crippen LogP contribution is 2.34. The van der Waals surface area contributed by atoms with Gasteiger partial charge in [-0.2, -0.15) is 0 Å². The Labute approximate surface area is 94.1 Å². The SMILES string of the molecule is COc1cccc(C(O)C(N)CCO)c1O. The fourth-order valence-corrected chi connectivity index (χ4v) is 1.48. The minimum atomic E-state index is -1.03. The van der Waals surface area contributed by atoms with Crippen molar-refractivity contribution in [1.29, 1.82) is 0 Å². The number of aliphatic hydroxyl groups excluding tert-OH is 2. The highest BCUT2D eigenvalue weighted by molar-refractivity contribution is 5.46. The molecule has 16 heavy (non-hydrogen) atoms. The first-order valence-corrected chi connectivity index (χ1v) is 5.02. The number of benzene rings is 1. The van der Waals surface area contributed by atoms with Crippen LogP contribution in [0.15, 0.2) is 18.2 Å². The quantitative estimate of drug-likeness (QED) is 0.574. The maximum absolute atomic E-state index is 9.87. The zero-order chi connectivity index (χ0) is 12.1. The van der Waals surface area contributed by atoms with E-state index < -0.39 is 12.1 Å². The van der Waals surface area contributed by atoms with Crippen LogP contribution in [-0.4, -0.2) is 35.1 Å². The van der Waals surface area contributed by atoms with Crippen LogP contribution in [0.25, 0.3) is 0 Å². The van der Waals surface area contributed by atoms with Crippen molar-refractivity contribution in [2.45, 2.75) is 18.6 Å². The summed E-state index contributed by atoms with van der Waals surface area (Å²) in [4.78, 5) is 0. The number of hydrogen-bond donors (Lipinski definition) is 4. The molecule has 0 aromatic heterocycles. The molecule has 0 radical (unpaired) electrons. The third kappa shape index (κ3) is 2.63. The second-order valence-electron chi connectivity index (χ2n) is 3.52. The van der Waals surface area contributed by atoms with E-state index >= 15 is 0 Å². The predicted molar refractivity (Wildman–Crippen MR) is 59.3 cm³/mol. The summed E-state index contributed by atoms with van der Waals surface area (Å²) in [6.45, 7) is -0.108. The standard InChI is InChI=1S/C11H17NO4/c1-16-9-4-2-3-7(11(9)15)10(14)8(12)5-6-13/h2-4,8,10,13-15H,5-6,12H2,1H3. The number of hydrogen-bond acceptors (Lipinski definition) is 5. The molecule has 2 atom stereocenters. The van der Waals surface area contributed by atoms with Gasteiger partial charge in [-0.05, 0) is 12.5 Å². The molecule has 0 fully saturated rings. The molecule has 5 heteroatoms. The van der Waals surface area contributed by atoms with E-state index in [0.29, 0.717) is 5.56 Å². The molecule has 1 aromatic rings. The summed E-state index contributed by atoms with van der Waals surface area (Å²) in [5.74, 6) is 0.165. The van der Waals surface area contributed by atoms with Crippen LogP contribution >= 0.6 is 0 Å². The van der Waals surface area contributed by atoms with Gasteiger partial charge >= 0.3 is 0 Å². The molecular formula is C11H17NO4. The van der Waals surface area contributed by atoms with Gasteiger partial charge in [-0.15, -0.1) is 0 Å². The lowest BCUT2D eigenvalue weighted by molar-refractivity contribution is 0.126. The Morgan fingerprint density at radius 3 is 2.69 bits per heavy atom. The second kappa shape index (κ2) is 5.69. The molecule has 0 bridgehead atoms. The maximum Gasteiger partial charge on any atom is 0.163 e. The van der Waals surface area contributed by atoms with Crippen LogP contribution in [0, 0.1) is 0 Å². The topological polar surface area (TPSA) is 95.9 Å². The van der Waals surface area contributed by atoms with Gasteiger partial charge in [0.1, 0.15) is 0 Å². The Bertz CT molecular complexity index is 343. The van der Waals surface area contributed by atoms with Gasteiger partial charge in [0.05, 0.1) is 13.2 Å². The molecule has 90 valence electrons. The third-order valence-electron chi connectivity index (χ3n) is 2.44. The minimum absolute atomic E-state index is 0.108. The summed E-state index contributed by atoms with van der Waals surface area (Å²) in [5, 5.41) is 28.4. The average molecular weight is 227 g/mol. The number of ether oxygens (including phenoxy) is 1. The fraction of sp³-hybridized carbons (Fsp3) is 0.455. The van der Waals surface area contributed by atoms with Crippen LogP contribution in [0.3, 0.4) is 0 Å². The smallest absolute Gasteiger partial charge is 0.163 e. The van der Waals surface area contributed by atoms with Crippen LogP contribution < -0.4 is 10.5 Å². The molecule has 0 aliphatic heterocycles. The highest BCUT2D eigenvalue weighted by Gasteiger charge is 2.21. The Hall–Kier alpha value is -1.30. The van der Waals surface area contributed by atoms with Crippen molar-refractivity contribution >= 4 is 0 Å². The molecule has 0 amide bonds. The lowest BCUT2D eigenvalue weighted by Gasteiger charge is -2.20. The van der Waals surface area contributed by atoms with Gasteiger partial charge in [-0.1, -0.05) is 12.1 Å². The van der Waals surface area contributed by atoms with Crippen molar-refractivity contribution in [3.8, 4) is 11.5 Å². The number of para-hydroxylation sites is 1. The first-order chi connectivity index (χ1) is 7.61. The Balaban J connectivity index is 2.94. The molecule has 1 aromatic carbocycles. The molecular weight excluding hydrogens is 210 g/mol. The lowest BCUT2D eigenvalue weighted by atomic mass is 9.99. The lowest BCUT2D eigenvalue weighted by Crippen LogP contribution is -2.29. The number of aromatic hydroxyl groups is 1. The first-order valence-electron chi connectivity index (χ1n) is 5.02. The van der Waals surface area contributed by atoms with Crippen LogP contribution in [0.5, 0.6) is 11.5 Å². The van der Waals surface area contributed by atoms with E-state index in [1.165, 1.54) is 7.11 Å². The van der Waals surface area contributed by atoms with Crippen LogP contribution in [0.1, 0.15) is 18.1 Å². The van der Waals surface area contributed by atoms with Gasteiger partial charge in [0.25, 0.3) is 0 Å². The van der Waals surface area contributed by atoms with Crippen molar-refractivity contribution in [2.24, 2.45) is 5.73 Å². The number of methoxy groups -OCH3 is 1. The predicted octanol–water partition coefficient (Wildman–Crippen LogP) is 0.144. The van der Waals surface area contributed by atoms with E-state index in [1.807, 2.05) is 0 Å². The van der Waals surface area contributed by atoms with Gasteiger partial charge in [0.2, 0.25) is 0 Å². The molecule has 5 nitrogen and oxygen atoms in total. The Morgan fingerprint density at radius 1 is 1.44 bits per heavy atom. The van der Waals surface area contributed by atoms with Gasteiger partial charge in [0, 0.05) is 18.2 Å². The van der Waals surface area contributed by atoms with Crippen LogP contribution in [0.4, 0.5) is 0 Å². The normalized spacial score (nSPS) is 14.5. The van der Waals surface area contributed by atoms with Gasteiger partial charge in [-0.3, -0.25) is 0 Å². The zero-order valence-corrected chi connectivity index (χ0v) is 9.13. The molecule has 0 spiro atoms. The van der Waals surface area contributed by atoms with Crippen molar-refractivity contribution in [3.05, 3.63) is 23.8 Å². The van der Waals surface area contributed by atoms with E-state index in [2.05, 4.69) is 0 Å². The third-order valence-corrected chi connectivity index (χ3v) is 2.44. The monoisotopic (exact) mass is 227 g/mol. The van der Waals surface area contributed by atoms with Gasteiger partial charge in [0.15, 0.2) is 11.5 Å². The van der Waals surface area contributed by atoms with Gasteiger partial charge in [-0.25, -0.2) is 0 Å². The van der Waals surface area contributed by atoms with E-state index in [0.717, 1.165) is 0 Å². The molecule has 5 N–H and O–H groups in total. The summed E-state index contributed by atoms with van der Waals surface area (Å²) in [7, 11) is 1.43. The summed E-state index contributed by atoms with van der Waals surface area (Å²) >= 11 is 0. The number of nitrogens with two attached hydrogens (primary N) is 1. The van der Waals surface area contributed by atoms with E-state index in [4.69, 9.17) is 15.6 Å². The molecule has 0 heterocycles. The van der Waals surface area contributed by atoms with E-state index in [-0.39, 0.29) is 24.5 Å². The van der Waals surface area contributed by atoms with Crippen molar-refractivity contribution < 1.29 is 20.1 Å². The average Bonchev–Trinajstić information content (AvgIpc) is 2.29. The van der Waals surface area contributed by atoms with Crippen molar-refractivity contribution in [1.82, 2.24) is 0 Å². The van der Waals surface area contributed by atoms with E-state index in [1.54, 1.807) is 18.2 Å². The summed E-state index contributed by atoms with van der Waals surface area (Å²) in [6, 6.07) is 4.19. The molecule has 0 saturated carbocycles. The number of phenolic OH excluding ortho intramolecular Hbond substituents is 1. The molecule has 0 aliphatic rings. The number of rotatable bonds is 5. The fourth-order valence-electron chi connectivity index (χ4n) is 1.48. The second-order valence-corrected chi connectivity index (χ2v) is 3.52. The van der Waals surface area contributed by atoms with Crippen molar-refractivity contribution in [2.75, 3.05) is 13.7 Å². The number of phenols is 1. The van der Waals surface area contributed by atoms with Crippen molar-refractivity contribution in [3.63, 3.8) is 0 Å². The summed E-state index contributed by atoms with van der Waals surface area (Å²) in [6.07, 6.45) is -0.764. The van der Waals surface area contributed by atoms with Crippen LogP contribution in [-0.2, 0) is 0 Å². The highest BCUT2D eigenvalue weighted by atomic mass is 16.5. The van der Waals surface area contributed by atoms with Crippen LogP contribution in [0.2, 0.25) is 0 Å². The largest absolute Gasteiger partial charge is 0.504 e. The molecule has 1 rings (SSSR count). The first kappa shape index (κ1) is 12.8. The number of aliphatic hydroxyl groups is 2. The maximum atomic E-state index is 9.87. The summed E-state index contributed by atoms with van der Waals surface area (Å²) < 4.78 is 4.92. The zero-order valence-electron chi connectivity index (χ0n) is 9.13. The minimum Gasteiger partial charge on any atom is -0.504 e. The van der Waals surface area contributed by atoms with E-state index in [9.17, 15) is 10.2 Å². The molecule has 0 aliphatic carbocycles.